The SMILES string of the molecule is Nc1cc(F)ccc1SCCO. The average molecular weight is 187 g/mol. The van der Waals surface area contributed by atoms with Crippen LogP contribution in [-0.2, 0) is 0 Å². The predicted octanol–water partition coefficient (Wildman–Crippen LogP) is 1.49. The summed E-state index contributed by atoms with van der Waals surface area (Å²) in [6.45, 7) is 0.0987. The molecule has 66 valence electrons. The van der Waals surface area contributed by atoms with E-state index < -0.39 is 0 Å². The van der Waals surface area contributed by atoms with E-state index in [4.69, 9.17) is 10.8 Å². The van der Waals surface area contributed by atoms with E-state index in [0.29, 0.717) is 11.4 Å². The Bertz CT molecular complexity index is 267. The van der Waals surface area contributed by atoms with Gasteiger partial charge in [0.05, 0.1) is 6.61 Å². The molecule has 4 heteroatoms. The number of hydrogen-bond donors (Lipinski definition) is 2. The highest BCUT2D eigenvalue weighted by Crippen LogP contribution is 2.24. The molecule has 0 fully saturated rings. The van der Waals surface area contributed by atoms with Crippen molar-refractivity contribution in [2.45, 2.75) is 4.90 Å². The molecule has 2 nitrogen and oxygen atoms in total. The van der Waals surface area contributed by atoms with E-state index in [1.54, 1.807) is 6.07 Å². The minimum absolute atomic E-state index is 0.0987. The summed E-state index contributed by atoms with van der Waals surface area (Å²) < 4.78 is 12.5. The second-order valence-corrected chi connectivity index (χ2v) is 3.39. The minimum atomic E-state index is -0.333. The number of hydrogen-bond acceptors (Lipinski definition) is 3. The summed E-state index contributed by atoms with van der Waals surface area (Å²) in [5, 5.41) is 8.54. The van der Waals surface area contributed by atoms with Crippen LogP contribution in [0.2, 0.25) is 0 Å². The fourth-order valence-corrected chi connectivity index (χ4v) is 1.51. The van der Waals surface area contributed by atoms with Gasteiger partial charge in [-0.1, -0.05) is 0 Å². The molecule has 12 heavy (non-hydrogen) atoms. The second kappa shape index (κ2) is 4.33. The highest BCUT2D eigenvalue weighted by molar-refractivity contribution is 7.99. The Morgan fingerprint density at radius 1 is 1.50 bits per heavy atom. The minimum Gasteiger partial charge on any atom is -0.398 e. The average Bonchev–Trinajstić information content (AvgIpc) is 2.03. The van der Waals surface area contributed by atoms with Gasteiger partial charge in [-0.2, -0.15) is 0 Å². The maximum Gasteiger partial charge on any atom is 0.125 e. The summed E-state index contributed by atoms with van der Waals surface area (Å²) in [4.78, 5) is 0.811. The smallest absolute Gasteiger partial charge is 0.125 e. The van der Waals surface area contributed by atoms with E-state index in [1.807, 2.05) is 0 Å². The van der Waals surface area contributed by atoms with Gasteiger partial charge >= 0.3 is 0 Å². The lowest BCUT2D eigenvalue weighted by molar-refractivity contribution is 0.322. The Balaban J connectivity index is 2.72. The van der Waals surface area contributed by atoms with Crippen LogP contribution in [0.1, 0.15) is 0 Å². The van der Waals surface area contributed by atoms with E-state index in [1.165, 1.54) is 23.9 Å². The highest BCUT2D eigenvalue weighted by atomic mass is 32.2. The van der Waals surface area contributed by atoms with Gasteiger partial charge < -0.3 is 10.8 Å². The monoisotopic (exact) mass is 187 g/mol. The molecule has 0 saturated carbocycles. The van der Waals surface area contributed by atoms with Crippen molar-refractivity contribution in [3.8, 4) is 0 Å². The normalized spacial score (nSPS) is 10.2. The molecule has 1 aromatic rings. The predicted molar refractivity (Wildman–Crippen MR) is 48.6 cm³/mol. The van der Waals surface area contributed by atoms with Crippen molar-refractivity contribution in [3.05, 3.63) is 24.0 Å². The standard InChI is InChI=1S/C8H10FNOS/c9-6-1-2-8(7(10)5-6)12-4-3-11/h1-2,5,11H,3-4,10H2. The van der Waals surface area contributed by atoms with Crippen LogP contribution in [0.4, 0.5) is 10.1 Å². The maximum absolute atomic E-state index is 12.5. The number of benzene rings is 1. The van der Waals surface area contributed by atoms with Crippen molar-refractivity contribution in [2.24, 2.45) is 0 Å². The van der Waals surface area contributed by atoms with Crippen LogP contribution in [0.25, 0.3) is 0 Å². The lowest BCUT2D eigenvalue weighted by Crippen LogP contribution is -1.92. The number of aliphatic hydroxyl groups is 1. The van der Waals surface area contributed by atoms with Crippen molar-refractivity contribution in [3.63, 3.8) is 0 Å². The lowest BCUT2D eigenvalue weighted by Gasteiger charge is -2.02. The van der Waals surface area contributed by atoms with Gasteiger partial charge in [0, 0.05) is 16.3 Å². The molecule has 0 unspecified atom stereocenters. The van der Waals surface area contributed by atoms with Gasteiger partial charge in [-0.3, -0.25) is 0 Å². The molecule has 3 N–H and O–H groups in total. The molecule has 0 spiro atoms. The Kier molecular flexibility index (Phi) is 3.37. The lowest BCUT2D eigenvalue weighted by atomic mass is 10.3. The first-order chi connectivity index (χ1) is 5.74. The van der Waals surface area contributed by atoms with Gasteiger partial charge in [0.15, 0.2) is 0 Å². The van der Waals surface area contributed by atoms with Crippen LogP contribution in [0.5, 0.6) is 0 Å². The van der Waals surface area contributed by atoms with E-state index >= 15 is 0 Å². The largest absolute Gasteiger partial charge is 0.398 e. The number of thioether (sulfide) groups is 1. The number of aliphatic hydroxyl groups excluding tert-OH is 1. The quantitative estimate of drug-likeness (QED) is 0.556. The number of nitrogens with two attached hydrogens (primary N) is 1. The molecule has 0 amide bonds. The molecule has 0 aliphatic heterocycles. The third-order valence-corrected chi connectivity index (χ3v) is 2.39. The zero-order chi connectivity index (χ0) is 8.97. The van der Waals surface area contributed by atoms with Crippen LogP contribution in [0.15, 0.2) is 23.1 Å². The summed E-state index contributed by atoms with van der Waals surface area (Å²) in [7, 11) is 0. The highest BCUT2D eigenvalue weighted by Gasteiger charge is 2.00. The maximum atomic E-state index is 12.5. The fraction of sp³-hybridized carbons (Fsp3) is 0.250. The van der Waals surface area contributed by atoms with Gasteiger partial charge in [0.1, 0.15) is 5.82 Å². The Hall–Kier alpha value is -0.740. The third kappa shape index (κ3) is 2.39. The summed E-state index contributed by atoms with van der Waals surface area (Å²) in [6.07, 6.45) is 0. The molecule has 0 atom stereocenters. The molecule has 0 saturated heterocycles. The molecule has 0 aliphatic rings. The van der Waals surface area contributed by atoms with Gasteiger partial charge in [0.2, 0.25) is 0 Å². The molecule has 1 rings (SSSR count). The molecule has 0 aromatic heterocycles. The zero-order valence-electron chi connectivity index (χ0n) is 6.46. The van der Waals surface area contributed by atoms with Crippen molar-refractivity contribution in [1.29, 1.82) is 0 Å². The number of nitrogen functional groups attached to an aromatic ring is 1. The first kappa shape index (κ1) is 9.35. The van der Waals surface area contributed by atoms with Gasteiger partial charge in [0.25, 0.3) is 0 Å². The first-order valence-corrected chi connectivity index (χ1v) is 4.51. The van der Waals surface area contributed by atoms with Crippen molar-refractivity contribution in [1.82, 2.24) is 0 Å². The van der Waals surface area contributed by atoms with Crippen LogP contribution in [0.3, 0.4) is 0 Å². The summed E-state index contributed by atoms with van der Waals surface area (Å²) >= 11 is 1.41. The zero-order valence-corrected chi connectivity index (χ0v) is 7.27. The van der Waals surface area contributed by atoms with Crippen LogP contribution in [0, 0.1) is 5.82 Å². The number of anilines is 1. The van der Waals surface area contributed by atoms with E-state index in [-0.39, 0.29) is 12.4 Å². The molecule has 0 bridgehead atoms. The van der Waals surface area contributed by atoms with Crippen molar-refractivity contribution in [2.75, 3.05) is 18.1 Å². The van der Waals surface area contributed by atoms with Crippen molar-refractivity contribution >= 4 is 17.4 Å². The fourth-order valence-electron chi connectivity index (χ4n) is 0.806. The summed E-state index contributed by atoms with van der Waals surface area (Å²) in [5.41, 5.74) is 5.94. The van der Waals surface area contributed by atoms with Crippen molar-refractivity contribution < 1.29 is 9.50 Å². The van der Waals surface area contributed by atoms with E-state index in [0.717, 1.165) is 4.90 Å². The molecular weight excluding hydrogens is 177 g/mol. The van der Waals surface area contributed by atoms with Crippen LogP contribution >= 0.6 is 11.8 Å². The molecule has 1 aromatic carbocycles. The summed E-state index contributed by atoms with van der Waals surface area (Å²) in [5.74, 6) is 0.247. The Labute approximate surface area is 74.6 Å². The first-order valence-electron chi connectivity index (χ1n) is 3.52. The molecule has 0 radical (unpaired) electrons. The van der Waals surface area contributed by atoms with Gasteiger partial charge in [-0.25, -0.2) is 4.39 Å². The van der Waals surface area contributed by atoms with Crippen LogP contribution in [-0.4, -0.2) is 17.5 Å². The topological polar surface area (TPSA) is 46.2 Å². The summed E-state index contributed by atoms with van der Waals surface area (Å²) in [6, 6.07) is 4.25. The Morgan fingerprint density at radius 2 is 2.25 bits per heavy atom. The van der Waals surface area contributed by atoms with E-state index in [2.05, 4.69) is 0 Å². The van der Waals surface area contributed by atoms with Gasteiger partial charge in [-0.15, -0.1) is 11.8 Å². The van der Waals surface area contributed by atoms with E-state index in [9.17, 15) is 4.39 Å². The third-order valence-electron chi connectivity index (χ3n) is 1.32. The Morgan fingerprint density at radius 3 is 2.83 bits per heavy atom. The molecular formula is C8H10FNOS. The number of rotatable bonds is 3. The second-order valence-electron chi connectivity index (χ2n) is 2.25. The number of halogens is 1. The molecule has 0 aliphatic carbocycles. The molecule has 0 heterocycles. The van der Waals surface area contributed by atoms with Crippen LogP contribution < -0.4 is 5.73 Å². The van der Waals surface area contributed by atoms with Gasteiger partial charge in [-0.05, 0) is 18.2 Å².